The number of amides is 1. The molecule has 4 rings (SSSR count). The van der Waals surface area contributed by atoms with Gasteiger partial charge in [-0.15, -0.1) is 0 Å². The van der Waals surface area contributed by atoms with Gasteiger partial charge in [0.2, 0.25) is 0 Å². The van der Waals surface area contributed by atoms with E-state index in [1.54, 1.807) is 10.6 Å². The smallest absolute Gasteiger partial charge is 0.408 e. The van der Waals surface area contributed by atoms with Crippen LogP contribution in [0.4, 0.5) is 18.0 Å². The van der Waals surface area contributed by atoms with Crippen LogP contribution in [0, 0.1) is 0 Å². The first-order valence-corrected chi connectivity index (χ1v) is 12.3. The molecule has 1 aromatic carbocycles. The lowest BCUT2D eigenvalue weighted by Crippen LogP contribution is -2.38. The third kappa shape index (κ3) is 6.32. The van der Waals surface area contributed by atoms with Crippen LogP contribution in [0.5, 0.6) is 5.75 Å². The summed E-state index contributed by atoms with van der Waals surface area (Å²) in [4.78, 5) is 12.7. The monoisotopic (exact) mass is 514 g/mol. The number of hydrogen-bond donors (Lipinski definition) is 1. The molecule has 2 aliphatic rings. The van der Waals surface area contributed by atoms with Gasteiger partial charge >= 0.3 is 12.3 Å². The normalized spacial score (nSPS) is 19.2. The van der Waals surface area contributed by atoms with Crippen molar-refractivity contribution in [1.82, 2.24) is 9.88 Å². The lowest BCUT2D eigenvalue weighted by atomic mass is 9.96. The SMILES string of the molecule is COCc1c(OC(=O)NC2CCCCC2)cc(-c2cc(C(F)(F)F)ccc2Cl)n1C[C@H]1CCCO1. The highest BCUT2D eigenvalue weighted by Gasteiger charge is 2.32. The summed E-state index contributed by atoms with van der Waals surface area (Å²) in [5, 5.41) is 3.07. The molecule has 1 aromatic heterocycles. The summed E-state index contributed by atoms with van der Waals surface area (Å²) in [7, 11) is 1.51. The zero-order valence-electron chi connectivity index (χ0n) is 19.6. The maximum absolute atomic E-state index is 13.5. The maximum Gasteiger partial charge on any atom is 0.416 e. The molecule has 1 saturated heterocycles. The number of halogens is 4. The van der Waals surface area contributed by atoms with Crippen molar-refractivity contribution in [2.45, 2.75) is 76.4 Å². The van der Waals surface area contributed by atoms with Gasteiger partial charge in [0.25, 0.3) is 0 Å². The van der Waals surface area contributed by atoms with Crippen LogP contribution in [0.2, 0.25) is 5.02 Å². The van der Waals surface area contributed by atoms with Crippen LogP contribution in [0.3, 0.4) is 0 Å². The number of alkyl halides is 3. The number of ether oxygens (including phenoxy) is 3. The van der Waals surface area contributed by atoms with E-state index in [0.717, 1.165) is 57.1 Å². The molecule has 1 aliphatic heterocycles. The van der Waals surface area contributed by atoms with Crippen molar-refractivity contribution in [3.63, 3.8) is 0 Å². The van der Waals surface area contributed by atoms with Gasteiger partial charge in [-0.2, -0.15) is 13.2 Å². The Morgan fingerprint density at radius 3 is 2.60 bits per heavy atom. The zero-order valence-corrected chi connectivity index (χ0v) is 20.4. The molecule has 1 saturated carbocycles. The quantitative estimate of drug-likeness (QED) is 0.453. The van der Waals surface area contributed by atoms with Crippen molar-refractivity contribution in [2.75, 3.05) is 13.7 Å². The number of benzene rings is 1. The second-order valence-electron chi connectivity index (χ2n) is 9.08. The Morgan fingerprint density at radius 1 is 1.17 bits per heavy atom. The molecule has 2 heterocycles. The summed E-state index contributed by atoms with van der Waals surface area (Å²) in [6, 6.07) is 4.81. The van der Waals surface area contributed by atoms with Crippen LogP contribution in [-0.2, 0) is 28.8 Å². The van der Waals surface area contributed by atoms with E-state index in [0.29, 0.717) is 24.5 Å². The number of carbonyl (C=O) groups is 1. The van der Waals surface area contributed by atoms with Crippen LogP contribution in [0.1, 0.15) is 56.2 Å². The van der Waals surface area contributed by atoms with E-state index >= 15 is 0 Å². The van der Waals surface area contributed by atoms with Gasteiger partial charge in [0, 0.05) is 43.0 Å². The lowest BCUT2D eigenvalue weighted by molar-refractivity contribution is -0.137. The third-order valence-electron chi connectivity index (χ3n) is 6.56. The van der Waals surface area contributed by atoms with Crippen LogP contribution >= 0.6 is 11.6 Å². The lowest BCUT2D eigenvalue weighted by Gasteiger charge is -2.22. The molecule has 1 N–H and O–H groups in total. The first-order valence-electron chi connectivity index (χ1n) is 11.9. The van der Waals surface area contributed by atoms with Crippen LogP contribution in [0.15, 0.2) is 24.3 Å². The Morgan fingerprint density at radius 2 is 1.94 bits per heavy atom. The van der Waals surface area contributed by atoms with Crippen molar-refractivity contribution in [2.24, 2.45) is 0 Å². The van der Waals surface area contributed by atoms with Crippen LogP contribution in [0.25, 0.3) is 11.3 Å². The van der Waals surface area contributed by atoms with Gasteiger partial charge in [0.05, 0.1) is 29.7 Å². The fourth-order valence-corrected chi connectivity index (χ4v) is 5.02. The van der Waals surface area contributed by atoms with E-state index in [-0.39, 0.29) is 35.1 Å². The molecule has 2 aromatic rings. The first-order chi connectivity index (χ1) is 16.8. The highest BCUT2D eigenvalue weighted by molar-refractivity contribution is 6.33. The van der Waals surface area contributed by atoms with Crippen LogP contribution < -0.4 is 10.1 Å². The standard InChI is InChI=1S/C25H30ClF3N2O4/c1-33-15-22-23(35-24(32)30-17-6-3-2-4-7-17)13-21(31(22)14-18-8-5-11-34-18)19-12-16(25(27,28)29)9-10-20(19)26/h9-10,12-13,17-18H,2-8,11,14-15H2,1H3,(H,30,32)/t18-/m1/s1. The number of nitrogens with zero attached hydrogens (tertiary/aromatic N) is 1. The highest BCUT2D eigenvalue weighted by Crippen LogP contribution is 2.40. The molecule has 35 heavy (non-hydrogen) atoms. The minimum atomic E-state index is -4.53. The van der Waals surface area contributed by atoms with E-state index < -0.39 is 17.8 Å². The van der Waals surface area contributed by atoms with Crippen LogP contribution in [-0.4, -0.2) is 36.5 Å². The Hall–Kier alpha value is -2.23. The maximum atomic E-state index is 13.5. The highest BCUT2D eigenvalue weighted by atomic mass is 35.5. The van der Waals surface area contributed by atoms with Crippen molar-refractivity contribution >= 4 is 17.7 Å². The largest absolute Gasteiger partial charge is 0.416 e. The summed E-state index contributed by atoms with van der Waals surface area (Å²) in [6.07, 6.45) is 1.52. The summed E-state index contributed by atoms with van der Waals surface area (Å²) in [5.41, 5.74) is 0.321. The molecule has 6 nitrogen and oxygen atoms in total. The Kier molecular flexibility index (Phi) is 8.29. The average molecular weight is 515 g/mol. The molecular formula is C25H30ClF3N2O4. The molecule has 10 heteroatoms. The van der Waals surface area contributed by atoms with Gasteiger partial charge in [0.1, 0.15) is 0 Å². The van der Waals surface area contributed by atoms with E-state index in [1.807, 2.05) is 0 Å². The van der Waals surface area contributed by atoms with Gasteiger partial charge < -0.3 is 24.1 Å². The molecule has 1 aliphatic carbocycles. The van der Waals surface area contributed by atoms with Crippen molar-refractivity contribution in [3.05, 3.63) is 40.5 Å². The molecule has 2 fully saturated rings. The molecule has 0 unspecified atom stereocenters. The zero-order chi connectivity index (χ0) is 25.0. The Balaban J connectivity index is 1.72. The number of carbonyl (C=O) groups excluding carboxylic acids is 1. The molecule has 1 atom stereocenters. The summed E-state index contributed by atoms with van der Waals surface area (Å²) in [5.74, 6) is 0.224. The number of hydrogen-bond acceptors (Lipinski definition) is 4. The molecule has 0 spiro atoms. The molecule has 192 valence electrons. The van der Waals surface area contributed by atoms with Gasteiger partial charge in [0.15, 0.2) is 5.75 Å². The van der Waals surface area contributed by atoms with E-state index in [9.17, 15) is 18.0 Å². The summed E-state index contributed by atoms with van der Waals surface area (Å²) < 4.78 is 59.1. The van der Waals surface area contributed by atoms with Gasteiger partial charge in [-0.25, -0.2) is 4.79 Å². The number of nitrogens with one attached hydrogen (secondary N) is 1. The molecule has 0 radical (unpaired) electrons. The fraction of sp³-hybridized carbons (Fsp3) is 0.560. The molecule has 0 bridgehead atoms. The predicted molar refractivity (Wildman–Crippen MR) is 126 cm³/mol. The van der Waals surface area contributed by atoms with Crippen molar-refractivity contribution in [3.8, 4) is 17.0 Å². The Labute approximate surface area is 207 Å². The average Bonchev–Trinajstić information content (AvgIpc) is 3.44. The minimum Gasteiger partial charge on any atom is -0.408 e. The predicted octanol–water partition coefficient (Wildman–Crippen LogP) is 6.57. The summed E-state index contributed by atoms with van der Waals surface area (Å²) >= 11 is 6.38. The van der Waals surface area contributed by atoms with Gasteiger partial charge in [-0.3, -0.25) is 0 Å². The fourth-order valence-electron chi connectivity index (χ4n) is 4.80. The van der Waals surface area contributed by atoms with E-state index in [1.165, 1.54) is 13.2 Å². The third-order valence-corrected chi connectivity index (χ3v) is 6.89. The minimum absolute atomic E-state index is 0.0495. The summed E-state index contributed by atoms with van der Waals surface area (Å²) in [6.45, 7) is 1.09. The number of aromatic nitrogens is 1. The van der Waals surface area contributed by atoms with E-state index in [4.69, 9.17) is 25.8 Å². The molecule has 1 amide bonds. The topological polar surface area (TPSA) is 61.7 Å². The molecular weight excluding hydrogens is 485 g/mol. The Bertz CT molecular complexity index is 1030. The van der Waals surface area contributed by atoms with Gasteiger partial charge in [-0.05, 0) is 43.9 Å². The van der Waals surface area contributed by atoms with E-state index in [2.05, 4.69) is 5.32 Å². The van der Waals surface area contributed by atoms with Crippen molar-refractivity contribution in [1.29, 1.82) is 0 Å². The van der Waals surface area contributed by atoms with Crippen molar-refractivity contribution < 1.29 is 32.2 Å². The first kappa shape index (κ1) is 25.9. The van der Waals surface area contributed by atoms with Gasteiger partial charge in [-0.1, -0.05) is 30.9 Å². The number of methoxy groups -OCH3 is 1. The second kappa shape index (κ2) is 11.2. The second-order valence-corrected chi connectivity index (χ2v) is 9.49. The number of rotatable bonds is 7.